The molecule has 0 aromatic carbocycles. The third-order valence-corrected chi connectivity index (χ3v) is 6.94. The first kappa shape index (κ1) is 24.1. The number of hydrogen-bond acceptors (Lipinski definition) is 4. The summed E-state index contributed by atoms with van der Waals surface area (Å²) < 4.78 is 27.2. The second-order valence-corrected chi connectivity index (χ2v) is 8.95. The summed E-state index contributed by atoms with van der Waals surface area (Å²) in [5.74, 6) is 0.815. The Morgan fingerprint density at radius 1 is 1.34 bits per heavy atom. The van der Waals surface area contributed by atoms with E-state index in [0.717, 1.165) is 32.1 Å². The standard InChI is InChI=1S/C21H30F2N4O2.CH2O2/c1-3-5-17-14-9-15(18-6-4-7-19(28)27(17)18)11-25(10-14)20(29)12-26-13(2)8-16(24-26)21(22)23;2-1-3/h8,14-15,17-18,21H,3-7,9-12H2,1-2H3;1H,(H,2,3)/t14-,15+,17-,18-;/m0./s1. The summed E-state index contributed by atoms with van der Waals surface area (Å²) in [5, 5.41) is 10.8. The van der Waals surface area contributed by atoms with Gasteiger partial charge in [-0.05, 0) is 50.5 Å². The highest BCUT2D eigenvalue weighted by Crippen LogP contribution is 2.42. The van der Waals surface area contributed by atoms with Crippen molar-refractivity contribution in [3.63, 3.8) is 0 Å². The van der Waals surface area contributed by atoms with Gasteiger partial charge < -0.3 is 14.9 Å². The molecule has 1 N–H and O–H groups in total. The highest BCUT2D eigenvalue weighted by atomic mass is 19.3. The van der Waals surface area contributed by atoms with Gasteiger partial charge in [0.2, 0.25) is 11.8 Å². The number of carboxylic acid groups (broad SMARTS) is 1. The number of carbonyl (C=O) groups is 3. The number of likely N-dealkylation sites (tertiary alicyclic amines) is 1. The number of amides is 2. The predicted octanol–water partition coefficient (Wildman–Crippen LogP) is 2.86. The van der Waals surface area contributed by atoms with Crippen LogP contribution in [0.15, 0.2) is 6.07 Å². The molecule has 3 fully saturated rings. The molecular formula is C22H32F2N4O4. The first-order valence-electron chi connectivity index (χ1n) is 11.3. The fraction of sp³-hybridized carbons (Fsp3) is 0.727. The number of rotatable bonds is 5. The van der Waals surface area contributed by atoms with Crippen molar-refractivity contribution in [2.75, 3.05) is 13.1 Å². The molecule has 2 amide bonds. The summed E-state index contributed by atoms with van der Waals surface area (Å²) in [6, 6.07) is 1.78. The quantitative estimate of drug-likeness (QED) is 0.691. The minimum absolute atomic E-state index is 0.0102. The molecule has 3 aliphatic heterocycles. The summed E-state index contributed by atoms with van der Waals surface area (Å²) >= 11 is 0. The van der Waals surface area contributed by atoms with Gasteiger partial charge in [-0.25, -0.2) is 8.78 Å². The average molecular weight is 455 g/mol. The van der Waals surface area contributed by atoms with E-state index in [9.17, 15) is 18.4 Å². The second-order valence-electron chi connectivity index (χ2n) is 8.95. The summed E-state index contributed by atoms with van der Waals surface area (Å²) in [5.41, 5.74) is 0.281. The fourth-order valence-electron chi connectivity index (χ4n) is 5.68. The van der Waals surface area contributed by atoms with Crippen molar-refractivity contribution in [3.05, 3.63) is 17.5 Å². The molecule has 0 saturated carbocycles. The van der Waals surface area contributed by atoms with E-state index in [1.165, 1.54) is 10.7 Å². The SMILES string of the molecule is CCC[C@H]1[C@H]2C[C@H](CN(C(=O)Cn3nc(C(F)F)cc3C)C2)[C@@H]2CCCC(=O)N21.O=CO. The van der Waals surface area contributed by atoms with Crippen LogP contribution in [0.4, 0.5) is 8.78 Å². The van der Waals surface area contributed by atoms with E-state index < -0.39 is 6.43 Å². The highest BCUT2D eigenvalue weighted by Gasteiger charge is 2.49. The molecule has 4 atom stereocenters. The molecule has 3 aliphatic rings. The molecule has 0 radical (unpaired) electrons. The first-order valence-corrected chi connectivity index (χ1v) is 11.3. The zero-order chi connectivity index (χ0) is 23.4. The van der Waals surface area contributed by atoms with E-state index in [-0.39, 0.29) is 42.6 Å². The minimum Gasteiger partial charge on any atom is -0.483 e. The molecule has 0 unspecified atom stereocenters. The van der Waals surface area contributed by atoms with E-state index in [1.54, 1.807) is 6.92 Å². The van der Waals surface area contributed by atoms with Crippen LogP contribution in [-0.4, -0.2) is 68.1 Å². The third-order valence-electron chi connectivity index (χ3n) is 6.94. The van der Waals surface area contributed by atoms with E-state index in [2.05, 4.69) is 16.9 Å². The number of carbonyl (C=O) groups excluding carboxylic acids is 2. The maximum absolute atomic E-state index is 13.0. The predicted molar refractivity (Wildman–Crippen MR) is 112 cm³/mol. The van der Waals surface area contributed by atoms with E-state index >= 15 is 0 Å². The number of halogens is 2. The molecule has 178 valence electrons. The molecule has 8 nitrogen and oxygen atoms in total. The molecule has 1 aromatic rings. The summed E-state index contributed by atoms with van der Waals surface area (Å²) in [4.78, 5) is 38.1. The lowest BCUT2D eigenvalue weighted by Gasteiger charge is -2.56. The Kier molecular flexibility index (Phi) is 7.84. The van der Waals surface area contributed by atoms with Crippen LogP contribution in [0.2, 0.25) is 0 Å². The van der Waals surface area contributed by atoms with Crippen LogP contribution in [0.25, 0.3) is 0 Å². The van der Waals surface area contributed by atoms with E-state index in [1.807, 2.05) is 4.90 Å². The van der Waals surface area contributed by atoms with Gasteiger partial charge in [-0.2, -0.15) is 5.10 Å². The topological polar surface area (TPSA) is 95.7 Å². The van der Waals surface area contributed by atoms with Gasteiger partial charge >= 0.3 is 0 Å². The maximum Gasteiger partial charge on any atom is 0.290 e. The van der Waals surface area contributed by atoms with E-state index in [0.29, 0.717) is 37.0 Å². The van der Waals surface area contributed by atoms with Crippen LogP contribution in [0.5, 0.6) is 0 Å². The van der Waals surface area contributed by atoms with Gasteiger partial charge in [0.1, 0.15) is 12.2 Å². The maximum atomic E-state index is 13.0. The van der Waals surface area contributed by atoms with Crippen LogP contribution in [0.3, 0.4) is 0 Å². The van der Waals surface area contributed by atoms with Crippen molar-refractivity contribution < 1.29 is 28.3 Å². The third kappa shape index (κ3) is 4.94. The number of fused-ring (bicyclic) bond motifs is 4. The normalized spacial score (nSPS) is 27.0. The fourth-order valence-corrected chi connectivity index (χ4v) is 5.68. The average Bonchev–Trinajstić information content (AvgIpc) is 3.12. The Morgan fingerprint density at radius 3 is 2.66 bits per heavy atom. The van der Waals surface area contributed by atoms with Crippen molar-refractivity contribution in [2.24, 2.45) is 11.8 Å². The van der Waals surface area contributed by atoms with Gasteiger partial charge in [0.05, 0.1) is 0 Å². The molecular weight excluding hydrogens is 422 g/mol. The van der Waals surface area contributed by atoms with Gasteiger partial charge in [-0.1, -0.05) is 13.3 Å². The molecule has 32 heavy (non-hydrogen) atoms. The van der Waals surface area contributed by atoms with Crippen LogP contribution in [0, 0.1) is 18.8 Å². The lowest BCUT2D eigenvalue weighted by Crippen LogP contribution is -2.65. The van der Waals surface area contributed by atoms with E-state index in [4.69, 9.17) is 9.90 Å². The minimum atomic E-state index is -2.64. The number of aryl methyl sites for hydroxylation is 1. The number of aromatic nitrogens is 2. The molecule has 10 heteroatoms. The van der Waals surface area contributed by atoms with Crippen molar-refractivity contribution in [1.29, 1.82) is 0 Å². The summed E-state index contributed by atoms with van der Waals surface area (Å²) in [6.07, 6.45) is 3.00. The van der Waals surface area contributed by atoms with Crippen molar-refractivity contribution >= 4 is 18.3 Å². The Hall–Kier alpha value is -2.52. The molecule has 2 bridgehead atoms. The van der Waals surface area contributed by atoms with Gasteiger partial charge in [0.15, 0.2) is 0 Å². The monoisotopic (exact) mass is 454 g/mol. The zero-order valence-electron chi connectivity index (χ0n) is 18.6. The number of piperidine rings is 3. The zero-order valence-corrected chi connectivity index (χ0v) is 18.6. The van der Waals surface area contributed by atoms with Crippen molar-refractivity contribution in [1.82, 2.24) is 19.6 Å². The first-order chi connectivity index (χ1) is 15.3. The molecule has 3 saturated heterocycles. The van der Waals surface area contributed by atoms with Crippen molar-refractivity contribution in [3.8, 4) is 0 Å². The molecule has 0 aliphatic carbocycles. The molecule has 4 heterocycles. The number of nitrogens with zero attached hydrogens (tertiary/aromatic N) is 4. The Morgan fingerprint density at radius 2 is 2.03 bits per heavy atom. The Balaban J connectivity index is 0.000000913. The van der Waals surface area contributed by atoms with Gasteiger partial charge in [-0.15, -0.1) is 0 Å². The lowest BCUT2D eigenvalue weighted by molar-refractivity contribution is -0.156. The largest absolute Gasteiger partial charge is 0.483 e. The summed E-state index contributed by atoms with van der Waals surface area (Å²) in [6.45, 7) is 4.86. The number of hydrogen-bond donors (Lipinski definition) is 1. The van der Waals surface area contributed by atoms with Gasteiger partial charge in [0.25, 0.3) is 12.9 Å². The summed E-state index contributed by atoms with van der Waals surface area (Å²) in [7, 11) is 0. The Bertz CT molecular complexity index is 831. The van der Waals surface area contributed by atoms with Crippen LogP contribution in [0.1, 0.15) is 63.3 Å². The second kappa shape index (κ2) is 10.4. The molecule has 4 rings (SSSR count). The van der Waals surface area contributed by atoms with Gasteiger partial charge in [-0.3, -0.25) is 19.1 Å². The van der Waals surface area contributed by atoms with Crippen LogP contribution in [-0.2, 0) is 20.9 Å². The molecule has 0 spiro atoms. The van der Waals surface area contributed by atoms with Crippen LogP contribution >= 0.6 is 0 Å². The highest BCUT2D eigenvalue weighted by molar-refractivity contribution is 5.78. The van der Waals surface area contributed by atoms with Crippen molar-refractivity contribution in [2.45, 2.75) is 77.4 Å². The Labute approximate surface area is 186 Å². The van der Waals surface area contributed by atoms with Gasteiger partial charge in [0, 0.05) is 37.3 Å². The smallest absolute Gasteiger partial charge is 0.290 e. The lowest BCUT2D eigenvalue weighted by atomic mass is 9.71. The molecule has 1 aromatic heterocycles. The number of alkyl halides is 2. The van der Waals surface area contributed by atoms with Crippen LogP contribution < -0.4 is 0 Å².